The van der Waals surface area contributed by atoms with Crippen LogP contribution < -0.4 is 0 Å². The maximum Gasteiger partial charge on any atom is 0.120 e. The van der Waals surface area contributed by atoms with Crippen molar-refractivity contribution in [2.75, 3.05) is 7.11 Å². The van der Waals surface area contributed by atoms with E-state index in [0.717, 1.165) is 32.0 Å². The first-order valence-electron chi connectivity index (χ1n) is 8.05. The van der Waals surface area contributed by atoms with Crippen LogP contribution in [0.2, 0.25) is 0 Å². The van der Waals surface area contributed by atoms with Crippen LogP contribution in [0.3, 0.4) is 0 Å². The summed E-state index contributed by atoms with van der Waals surface area (Å²) in [5.74, 6) is 0.637. The third kappa shape index (κ3) is 5.76. The zero-order valence-corrected chi connectivity index (χ0v) is 13.0. The summed E-state index contributed by atoms with van der Waals surface area (Å²) in [7, 11) is 1.76. The average Bonchev–Trinajstić information content (AvgIpc) is 2.81. The highest BCUT2D eigenvalue weighted by Gasteiger charge is 2.32. The monoisotopic (exact) mass is 282 g/mol. The minimum atomic E-state index is -0.245. The van der Waals surface area contributed by atoms with Crippen LogP contribution in [-0.4, -0.2) is 30.7 Å². The third-order valence-electron chi connectivity index (χ3n) is 4.43. The van der Waals surface area contributed by atoms with Crippen molar-refractivity contribution in [3.05, 3.63) is 12.2 Å². The molecule has 1 fully saturated rings. The Hall–Kier alpha value is -0.670. The van der Waals surface area contributed by atoms with E-state index in [-0.39, 0.29) is 18.1 Å². The van der Waals surface area contributed by atoms with Gasteiger partial charge in [-0.05, 0) is 37.5 Å². The van der Waals surface area contributed by atoms with Gasteiger partial charge in [0.25, 0.3) is 0 Å². The fourth-order valence-corrected chi connectivity index (χ4v) is 3.14. The Morgan fingerprint density at radius 1 is 1.35 bits per heavy atom. The van der Waals surface area contributed by atoms with Gasteiger partial charge >= 0.3 is 0 Å². The van der Waals surface area contributed by atoms with Crippen LogP contribution in [0.25, 0.3) is 0 Å². The summed E-state index contributed by atoms with van der Waals surface area (Å²) in [6.07, 6.45) is 13.2. The van der Waals surface area contributed by atoms with Gasteiger partial charge in [-0.3, -0.25) is 0 Å². The lowest BCUT2D eigenvalue weighted by molar-refractivity contribution is -0.108. The van der Waals surface area contributed by atoms with Crippen LogP contribution in [0.4, 0.5) is 0 Å². The van der Waals surface area contributed by atoms with Gasteiger partial charge in [0.05, 0.1) is 12.2 Å². The second kappa shape index (κ2) is 10.1. The molecule has 3 nitrogen and oxygen atoms in total. The number of ether oxygens (including phenoxy) is 1. The number of aliphatic hydroxyl groups is 1. The predicted octanol–water partition coefficient (Wildman–Crippen LogP) is 3.50. The Labute approximate surface area is 123 Å². The van der Waals surface area contributed by atoms with E-state index < -0.39 is 0 Å². The molecule has 0 amide bonds. The van der Waals surface area contributed by atoms with Crippen LogP contribution in [-0.2, 0) is 9.53 Å². The lowest BCUT2D eigenvalue weighted by Gasteiger charge is -2.19. The van der Waals surface area contributed by atoms with Gasteiger partial charge in [-0.25, -0.2) is 0 Å². The Morgan fingerprint density at radius 3 is 2.80 bits per heavy atom. The number of allylic oxidation sites excluding steroid dienone is 1. The van der Waals surface area contributed by atoms with Gasteiger partial charge in [0.1, 0.15) is 6.29 Å². The summed E-state index contributed by atoms with van der Waals surface area (Å²) in [5.41, 5.74) is 0. The Bertz CT molecular complexity index is 288. The number of methoxy groups -OCH3 is 1. The number of carbonyl (C=O) groups is 1. The maximum absolute atomic E-state index is 10.5. The van der Waals surface area contributed by atoms with Crippen LogP contribution >= 0.6 is 0 Å². The van der Waals surface area contributed by atoms with Crippen molar-refractivity contribution in [3.8, 4) is 0 Å². The molecule has 0 aromatic heterocycles. The summed E-state index contributed by atoms with van der Waals surface area (Å²) >= 11 is 0. The Kier molecular flexibility index (Phi) is 8.79. The van der Waals surface area contributed by atoms with E-state index >= 15 is 0 Å². The first-order chi connectivity index (χ1) is 9.72. The highest BCUT2D eigenvalue weighted by molar-refractivity contribution is 5.49. The summed E-state index contributed by atoms with van der Waals surface area (Å²) < 4.78 is 5.49. The summed E-state index contributed by atoms with van der Waals surface area (Å²) in [6.45, 7) is 2.20. The van der Waals surface area contributed by atoms with E-state index in [4.69, 9.17) is 4.74 Å². The molecule has 3 heteroatoms. The number of carbonyl (C=O) groups excluding carboxylic acids is 1. The molecule has 0 radical (unpaired) electrons. The molecule has 1 rings (SSSR count). The molecule has 0 bridgehead atoms. The molecule has 0 aromatic rings. The third-order valence-corrected chi connectivity index (χ3v) is 4.43. The molecule has 1 aliphatic rings. The number of hydrogen-bond acceptors (Lipinski definition) is 3. The van der Waals surface area contributed by atoms with Crippen LogP contribution in [0, 0.1) is 11.8 Å². The molecule has 20 heavy (non-hydrogen) atoms. The largest absolute Gasteiger partial charge is 0.393 e. The van der Waals surface area contributed by atoms with Crippen molar-refractivity contribution in [2.24, 2.45) is 11.8 Å². The second-order valence-corrected chi connectivity index (χ2v) is 5.87. The van der Waals surface area contributed by atoms with Crippen LogP contribution in [0.1, 0.15) is 58.3 Å². The number of aldehydes is 1. The molecule has 116 valence electrons. The molecular formula is C17H30O3. The number of hydrogen-bond donors (Lipinski definition) is 1. The molecule has 0 saturated heterocycles. The van der Waals surface area contributed by atoms with Crippen molar-refractivity contribution in [2.45, 2.75) is 70.5 Å². The lowest BCUT2D eigenvalue weighted by atomic mass is 9.89. The number of rotatable bonds is 10. The quantitative estimate of drug-likeness (QED) is 0.379. The highest BCUT2D eigenvalue weighted by atomic mass is 16.5. The Balaban J connectivity index is 2.46. The normalized spacial score (nSPS) is 28.1. The molecule has 0 heterocycles. The maximum atomic E-state index is 10.5. The van der Waals surface area contributed by atoms with Gasteiger partial charge < -0.3 is 14.6 Å². The van der Waals surface area contributed by atoms with E-state index in [9.17, 15) is 9.90 Å². The first-order valence-corrected chi connectivity index (χ1v) is 8.05. The van der Waals surface area contributed by atoms with E-state index in [1.807, 2.05) is 0 Å². The van der Waals surface area contributed by atoms with Crippen molar-refractivity contribution in [3.63, 3.8) is 0 Å². The summed E-state index contributed by atoms with van der Waals surface area (Å²) in [4.78, 5) is 10.5. The van der Waals surface area contributed by atoms with E-state index in [0.29, 0.717) is 12.3 Å². The zero-order chi connectivity index (χ0) is 14.8. The molecule has 0 unspecified atom stereocenters. The van der Waals surface area contributed by atoms with Crippen molar-refractivity contribution in [1.82, 2.24) is 0 Å². The molecule has 1 N–H and O–H groups in total. The number of aliphatic hydroxyl groups excluding tert-OH is 1. The van der Waals surface area contributed by atoms with Gasteiger partial charge in [-0.15, -0.1) is 0 Å². The van der Waals surface area contributed by atoms with Gasteiger partial charge in [0, 0.05) is 13.5 Å². The van der Waals surface area contributed by atoms with Gasteiger partial charge in [-0.2, -0.15) is 0 Å². The predicted molar refractivity (Wildman–Crippen MR) is 81.6 cm³/mol. The van der Waals surface area contributed by atoms with Gasteiger partial charge in [-0.1, -0.05) is 38.3 Å². The molecule has 0 aromatic carbocycles. The van der Waals surface area contributed by atoms with E-state index in [1.54, 1.807) is 7.11 Å². The van der Waals surface area contributed by atoms with Crippen molar-refractivity contribution >= 4 is 6.29 Å². The highest BCUT2D eigenvalue weighted by Crippen LogP contribution is 2.36. The minimum Gasteiger partial charge on any atom is -0.393 e. The first kappa shape index (κ1) is 17.4. The van der Waals surface area contributed by atoms with Crippen LogP contribution in [0.15, 0.2) is 12.2 Å². The van der Waals surface area contributed by atoms with Gasteiger partial charge in [0.15, 0.2) is 0 Å². The lowest BCUT2D eigenvalue weighted by Crippen LogP contribution is -2.18. The zero-order valence-electron chi connectivity index (χ0n) is 13.0. The molecule has 1 aliphatic carbocycles. The topological polar surface area (TPSA) is 46.5 Å². The average molecular weight is 282 g/mol. The smallest absolute Gasteiger partial charge is 0.120 e. The van der Waals surface area contributed by atoms with E-state index in [2.05, 4.69) is 19.1 Å². The molecule has 4 atom stereocenters. The molecular weight excluding hydrogens is 252 g/mol. The summed E-state index contributed by atoms with van der Waals surface area (Å²) in [5, 5.41) is 10.0. The molecule has 0 spiro atoms. The second-order valence-electron chi connectivity index (χ2n) is 5.87. The SMILES string of the molecule is CCCCC[C@@H](C=C[C@@H]1CC[C@@H](O)[C@H]1CCC=O)OC. The Morgan fingerprint density at radius 2 is 2.15 bits per heavy atom. The van der Waals surface area contributed by atoms with Crippen LogP contribution in [0.5, 0.6) is 0 Å². The summed E-state index contributed by atoms with van der Waals surface area (Å²) in [6, 6.07) is 0. The van der Waals surface area contributed by atoms with Crippen molar-refractivity contribution < 1.29 is 14.6 Å². The molecule has 0 aliphatic heterocycles. The molecule has 1 saturated carbocycles. The van der Waals surface area contributed by atoms with E-state index in [1.165, 1.54) is 19.3 Å². The van der Waals surface area contributed by atoms with Crippen molar-refractivity contribution in [1.29, 1.82) is 0 Å². The standard InChI is InChI=1S/C17H30O3/c1-3-4-5-7-15(20-2)11-9-14-10-12-17(19)16(14)8-6-13-18/h9,11,13-17,19H,3-8,10,12H2,1-2H3/t14-,15+,16+,17-/m1/s1. The van der Waals surface area contributed by atoms with Gasteiger partial charge in [0.2, 0.25) is 0 Å². The minimum absolute atomic E-state index is 0.186. The fraction of sp³-hybridized carbons (Fsp3) is 0.824. The number of unbranched alkanes of at least 4 members (excludes halogenated alkanes) is 2. The fourth-order valence-electron chi connectivity index (χ4n) is 3.14.